The van der Waals surface area contributed by atoms with Crippen LogP contribution in [0.2, 0.25) is 0 Å². The number of aliphatic hydroxyl groups is 2. The molecule has 6 heterocycles. The Balaban J connectivity index is 1.49. The van der Waals surface area contributed by atoms with Crippen LogP contribution in [0.15, 0.2) is 98.9 Å². The van der Waals surface area contributed by atoms with Crippen LogP contribution in [0.1, 0.15) is 97.4 Å². The molecule has 0 saturated heterocycles. The Kier molecular flexibility index (Phi) is 15.3. The molecule has 75 heavy (non-hydrogen) atoms. The number of hydrogen-bond donors (Lipinski definition) is 4. The number of ether oxygens (including phenoxy) is 2. The number of aliphatic hydroxyl groups excluding tert-OH is 2. The molecule has 0 aliphatic rings. The highest BCUT2D eigenvalue weighted by Gasteiger charge is 2.31. The largest absolute Gasteiger partial charge is 0.459 e. The van der Waals surface area contributed by atoms with Crippen LogP contribution in [-0.2, 0) is 37.6 Å². The molecular weight excluding hydrogens is 951 g/mol. The normalized spacial score (nSPS) is 11.7. The third-order valence-electron chi connectivity index (χ3n) is 13.3. The van der Waals surface area contributed by atoms with E-state index >= 15 is 0 Å². The molecule has 388 valence electrons. The number of aromatic nitrogens is 8. The maximum absolute atomic E-state index is 13.9. The highest BCUT2D eigenvalue weighted by molar-refractivity contribution is 6.12. The fraction of sp³-hybridized carbons (Fsp3) is 0.310. The van der Waals surface area contributed by atoms with Gasteiger partial charge >= 0.3 is 11.9 Å². The summed E-state index contributed by atoms with van der Waals surface area (Å²) in [7, 11) is 0. The summed E-state index contributed by atoms with van der Waals surface area (Å²) >= 11 is 0. The van der Waals surface area contributed by atoms with Crippen LogP contribution in [-0.4, -0.2) is 98.3 Å². The van der Waals surface area contributed by atoms with Crippen molar-refractivity contribution in [2.45, 2.75) is 106 Å². The van der Waals surface area contributed by atoms with E-state index in [1.807, 2.05) is 88.0 Å². The van der Waals surface area contributed by atoms with Crippen molar-refractivity contribution in [3.8, 4) is 50.5 Å². The van der Waals surface area contributed by atoms with E-state index < -0.39 is 29.5 Å². The Hall–Kier alpha value is -8.28. The van der Waals surface area contributed by atoms with Gasteiger partial charge in [0.15, 0.2) is 5.78 Å². The van der Waals surface area contributed by atoms with Crippen LogP contribution in [0.3, 0.4) is 0 Å². The van der Waals surface area contributed by atoms with Gasteiger partial charge in [-0.3, -0.25) is 23.5 Å². The molecule has 0 aliphatic heterocycles. The number of carbonyl (C=O) groups is 4. The van der Waals surface area contributed by atoms with E-state index in [0.717, 1.165) is 16.7 Å². The lowest BCUT2D eigenvalue weighted by Crippen LogP contribution is -2.30. The van der Waals surface area contributed by atoms with Gasteiger partial charge in [0.25, 0.3) is 0 Å². The average Bonchev–Trinajstić information content (AvgIpc) is 4.21. The van der Waals surface area contributed by atoms with Gasteiger partial charge in [0, 0.05) is 77.4 Å². The van der Waals surface area contributed by atoms with Crippen LogP contribution >= 0.6 is 0 Å². The number of esters is 2. The zero-order valence-electron chi connectivity index (χ0n) is 43.9. The number of amides is 1. The molecule has 0 aliphatic carbocycles. The number of pyridine rings is 2. The summed E-state index contributed by atoms with van der Waals surface area (Å²) in [6, 6.07) is 11.7. The van der Waals surface area contributed by atoms with E-state index in [1.165, 1.54) is 24.5 Å². The molecule has 0 saturated carbocycles. The monoisotopic (exact) mass is 1010 g/mol. The van der Waals surface area contributed by atoms with Gasteiger partial charge in [-0.25, -0.2) is 19.6 Å². The highest BCUT2D eigenvalue weighted by Crippen LogP contribution is 2.48. The first-order valence-electron chi connectivity index (χ1n) is 24.9. The minimum absolute atomic E-state index is 0.00905. The molecule has 0 atom stereocenters. The maximum atomic E-state index is 13.9. The smallest absolute Gasteiger partial charge is 0.340 e. The second-order valence-corrected chi connectivity index (χ2v) is 19.8. The van der Waals surface area contributed by atoms with Crippen LogP contribution in [0.5, 0.6) is 0 Å². The van der Waals surface area contributed by atoms with E-state index in [-0.39, 0.29) is 42.6 Å². The molecule has 0 spiro atoms. The summed E-state index contributed by atoms with van der Waals surface area (Å²) in [6.45, 7) is 24.2. The first kappa shape index (κ1) is 53.0. The molecule has 2 aromatic carbocycles. The third kappa shape index (κ3) is 10.5. The number of nitrogens with zero attached hydrogens (tertiary/aromatic N) is 7. The van der Waals surface area contributed by atoms with Gasteiger partial charge in [0.1, 0.15) is 11.3 Å². The fourth-order valence-corrected chi connectivity index (χ4v) is 9.29. The number of benzene rings is 2. The lowest BCUT2D eigenvalue weighted by molar-refractivity contribution is -0.114. The summed E-state index contributed by atoms with van der Waals surface area (Å²) in [6.07, 6.45) is 13.0. The molecule has 4 N–H and O–H groups in total. The van der Waals surface area contributed by atoms with Gasteiger partial charge in [-0.15, -0.1) is 0 Å². The molecule has 6 aromatic heterocycles. The summed E-state index contributed by atoms with van der Waals surface area (Å²) in [4.78, 5) is 67.2. The first-order valence-corrected chi connectivity index (χ1v) is 24.9. The van der Waals surface area contributed by atoms with Crippen molar-refractivity contribution in [3.63, 3.8) is 0 Å². The number of fused-ring (bicyclic) bond motifs is 2. The number of aromatic amines is 1. The molecule has 0 fully saturated rings. The van der Waals surface area contributed by atoms with Crippen LogP contribution in [0.25, 0.3) is 72.5 Å². The number of allylic oxidation sites excluding steroid dienone is 1. The van der Waals surface area contributed by atoms with Gasteiger partial charge in [0.2, 0.25) is 5.91 Å². The summed E-state index contributed by atoms with van der Waals surface area (Å²) < 4.78 is 16.8. The van der Waals surface area contributed by atoms with Crippen molar-refractivity contribution in [1.29, 1.82) is 0 Å². The number of hydrogen-bond acceptors (Lipinski definition) is 12. The van der Waals surface area contributed by atoms with Crippen molar-refractivity contribution in [2.75, 3.05) is 18.5 Å². The first-order chi connectivity index (χ1) is 35.8. The lowest BCUT2D eigenvalue weighted by atomic mass is 9.92. The van der Waals surface area contributed by atoms with E-state index in [9.17, 15) is 29.4 Å². The van der Waals surface area contributed by atoms with Crippen molar-refractivity contribution < 1.29 is 38.9 Å². The Morgan fingerprint density at radius 3 is 2.09 bits per heavy atom. The Labute approximate surface area is 434 Å². The van der Waals surface area contributed by atoms with E-state index in [1.54, 1.807) is 49.5 Å². The van der Waals surface area contributed by atoms with E-state index in [4.69, 9.17) is 24.5 Å². The molecule has 8 rings (SSSR count). The zero-order chi connectivity index (χ0) is 54.0. The van der Waals surface area contributed by atoms with Crippen LogP contribution in [0.4, 0.5) is 5.69 Å². The Bertz CT molecular complexity index is 3550. The summed E-state index contributed by atoms with van der Waals surface area (Å²) in [5.74, 6) is -1.68. The standard InChI is InChI=1S/C58H63N9O8/c1-12-42(70)19-17-37-23-38(16-15-34(37)7)51-49-36(9)44(57(73)75-33(5)6)28-60-55(49)67(53(51)41-26-62-66(30-41)58(10,11)31-69)46-20-18-39(24-45(46)63-47(71)13-2)50-48-35(8)43(56(72)74-32(3)4)27-59-54(48)64-52(50)40-25-61-65(29-40)21-14-22-68/h12-13,15-16,18,20,23-30,32-33,68-69H,1-2,14,17,19,21-22,31H2,3-11H3,(H,59,64)(H,63,71). The summed E-state index contributed by atoms with van der Waals surface area (Å²) in [5.41, 5.74) is 9.79. The Morgan fingerprint density at radius 2 is 1.44 bits per heavy atom. The SMILES string of the molecule is C=CC(=O)CCc1cc(-c2c(-c3cnn(C(C)(C)CO)c3)n(-c3ccc(-c4c(-c5cnn(CCCO)c5)[nH]c5ncc(C(=O)OC(C)C)c(C)c45)cc3NC(=O)C=C)c3ncc(C(=O)OC(C)C)c(C)c23)ccc1C. The highest BCUT2D eigenvalue weighted by atomic mass is 16.5. The molecule has 0 unspecified atom stereocenters. The molecule has 0 radical (unpaired) electrons. The van der Waals surface area contributed by atoms with Gasteiger partial charge in [-0.2, -0.15) is 10.2 Å². The topological polar surface area (TPSA) is 221 Å². The average molecular weight is 1010 g/mol. The molecule has 1 amide bonds. The van der Waals surface area contributed by atoms with Gasteiger partial charge in [-0.05, 0) is 133 Å². The number of nitrogens with one attached hydrogen (secondary N) is 2. The second-order valence-electron chi connectivity index (χ2n) is 19.8. The van der Waals surface area contributed by atoms with Gasteiger partial charge in [-0.1, -0.05) is 37.4 Å². The predicted octanol–water partition coefficient (Wildman–Crippen LogP) is 9.94. The molecular formula is C58H63N9O8. The molecule has 17 nitrogen and oxygen atoms in total. The van der Waals surface area contributed by atoms with Crippen LogP contribution < -0.4 is 5.32 Å². The third-order valence-corrected chi connectivity index (χ3v) is 13.3. The quantitative estimate of drug-likeness (QED) is 0.0414. The van der Waals surface area contributed by atoms with Gasteiger partial charge < -0.3 is 30.0 Å². The number of anilines is 1. The molecule has 0 bridgehead atoms. The van der Waals surface area contributed by atoms with Crippen molar-refractivity contribution in [3.05, 3.63) is 132 Å². The number of aryl methyl sites for hydroxylation is 5. The fourth-order valence-electron chi connectivity index (χ4n) is 9.29. The minimum Gasteiger partial charge on any atom is -0.459 e. The van der Waals surface area contributed by atoms with E-state index in [0.29, 0.717) is 103 Å². The zero-order valence-corrected chi connectivity index (χ0v) is 43.9. The van der Waals surface area contributed by atoms with Crippen molar-refractivity contribution in [1.82, 2.24) is 39.1 Å². The van der Waals surface area contributed by atoms with E-state index in [2.05, 4.69) is 28.6 Å². The van der Waals surface area contributed by atoms with Crippen molar-refractivity contribution >= 4 is 51.4 Å². The minimum atomic E-state index is -0.818. The predicted molar refractivity (Wildman–Crippen MR) is 290 cm³/mol. The van der Waals surface area contributed by atoms with Crippen molar-refractivity contribution in [2.24, 2.45) is 0 Å². The lowest BCUT2D eigenvalue weighted by Gasteiger charge is -2.22. The number of H-pyrrole nitrogens is 1. The number of rotatable bonds is 20. The molecule has 8 aromatic rings. The van der Waals surface area contributed by atoms with Crippen LogP contribution in [0, 0.1) is 20.8 Å². The summed E-state index contributed by atoms with van der Waals surface area (Å²) in [5, 5.41) is 33.9. The maximum Gasteiger partial charge on any atom is 0.340 e. The van der Waals surface area contributed by atoms with Gasteiger partial charge in [0.05, 0.1) is 70.6 Å². The number of carbonyl (C=O) groups excluding carboxylic acids is 4. The second kappa shape index (κ2) is 21.7. The number of ketones is 1. The Morgan fingerprint density at radius 1 is 0.787 bits per heavy atom. The molecule has 17 heteroatoms.